The molecule has 0 aliphatic rings. The van der Waals surface area contributed by atoms with Crippen LogP contribution in [0.15, 0.2) is 76.5 Å². The molecular weight excluding hydrogens is 416 g/mol. The number of nitrogens with zero attached hydrogens (tertiary/aromatic N) is 4. The van der Waals surface area contributed by atoms with Gasteiger partial charge in [-0.3, -0.25) is 9.36 Å². The van der Waals surface area contributed by atoms with Gasteiger partial charge in [0.1, 0.15) is 5.52 Å². The minimum atomic E-state index is -0.565. The van der Waals surface area contributed by atoms with E-state index in [9.17, 15) is 9.90 Å². The zero-order valence-corrected chi connectivity index (χ0v) is 19.5. The monoisotopic (exact) mass is 446 g/mol. The van der Waals surface area contributed by atoms with Crippen LogP contribution in [0.25, 0.3) is 22.7 Å². The molecule has 0 saturated heterocycles. The Morgan fingerprint density at radius 2 is 1.79 bits per heavy atom. The van der Waals surface area contributed by atoms with Gasteiger partial charge in [0, 0.05) is 14.1 Å². The molecule has 1 atom stereocenters. The molecule has 0 saturated carbocycles. The molecule has 1 N–H and O–H groups in total. The molecule has 0 spiro atoms. The smallest absolute Gasteiger partial charge is 0.297 e. The van der Waals surface area contributed by atoms with Crippen molar-refractivity contribution in [2.75, 3.05) is 11.9 Å². The molecule has 1 unspecified atom stereocenters. The van der Waals surface area contributed by atoms with Gasteiger partial charge < -0.3 is 14.4 Å². The van der Waals surface area contributed by atoms with Crippen LogP contribution < -0.4 is 10.5 Å². The first kappa shape index (κ1) is 23.8. The molecule has 7 heteroatoms. The highest BCUT2D eigenvalue weighted by atomic mass is 16.4. The first-order valence-corrected chi connectivity index (χ1v) is 11.1. The molecule has 7 nitrogen and oxygen atoms in total. The minimum absolute atomic E-state index is 0.0247. The predicted octanol–water partition coefficient (Wildman–Crippen LogP) is 5.46. The summed E-state index contributed by atoms with van der Waals surface area (Å²) in [5, 5.41) is 10.5. The fourth-order valence-corrected chi connectivity index (χ4v) is 3.69. The van der Waals surface area contributed by atoms with E-state index in [1.165, 1.54) is 4.57 Å². The van der Waals surface area contributed by atoms with Gasteiger partial charge in [0.15, 0.2) is 11.3 Å². The second-order valence-corrected chi connectivity index (χ2v) is 7.36. The second-order valence-electron chi connectivity index (χ2n) is 7.36. The van der Waals surface area contributed by atoms with Crippen LogP contribution in [-0.4, -0.2) is 26.7 Å². The SMILES string of the molecule is C=CCCC(c1ccccc1)N(C)c1nc(-c2nc3ccccc3o2)c(O)c(=O)n1C.CC. The number of para-hydroxylation sites is 2. The summed E-state index contributed by atoms with van der Waals surface area (Å²) in [6.07, 6.45) is 3.46. The molecule has 4 aromatic rings. The lowest BCUT2D eigenvalue weighted by Gasteiger charge is -2.30. The van der Waals surface area contributed by atoms with Gasteiger partial charge in [0.25, 0.3) is 11.4 Å². The quantitative estimate of drug-likeness (QED) is 0.379. The van der Waals surface area contributed by atoms with Crippen LogP contribution in [-0.2, 0) is 7.05 Å². The summed E-state index contributed by atoms with van der Waals surface area (Å²) in [4.78, 5) is 23.8. The predicted molar refractivity (Wildman–Crippen MR) is 133 cm³/mol. The van der Waals surface area contributed by atoms with Gasteiger partial charge in [-0.15, -0.1) is 6.58 Å². The fourth-order valence-electron chi connectivity index (χ4n) is 3.69. The largest absolute Gasteiger partial charge is 0.501 e. The van der Waals surface area contributed by atoms with Crippen molar-refractivity contribution < 1.29 is 9.52 Å². The molecule has 2 aromatic heterocycles. The zero-order chi connectivity index (χ0) is 24.0. The van der Waals surface area contributed by atoms with Gasteiger partial charge in [-0.25, -0.2) is 9.97 Å². The topological polar surface area (TPSA) is 84.4 Å². The molecule has 0 fully saturated rings. The molecular formula is C26H30N4O3. The molecule has 0 amide bonds. The van der Waals surface area contributed by atoms with Crippen molar-refractivity contribution in [1.82, 2.24) is 14.5 Å². The van der Waals surface area contributed by atoms with Crippen LogP contribution in [0, 0.1) is 0 Å². The zero-order valence-electron chi connectivity index (χ0n) is 19.5. The van der Waals surface area contributed by atoms with Crippen LogP contribution >= 0.6 is 0 Å². The minimum Gasteiger partial charge on any atom is -0.501 e. The number of aromatic nitrogens is 3. The number of oxazole rings is 1. The summed E-state index contributed by atoms with van der Waals surface area (Å²) >= 11 is 0. The van der Waals surface area contributed by atoms with Crippen LogP contribution in [0.3, 0.4) is 0 Å². The van der Waals surface area contributed by atoms with Gasteiger partial charge >= 0.3 is 0 Å². The number of hydrogen-bond donors (Lipinski definition) is 1. The lowest BCUT2D eigenvalue weighted by Crippen LogP contribution is -2.32. The molecule has 0 aliphatic carbocycles. The van der Waals surface area contributed by atoms with Gasteiger partial charge in [0.2, 0.25) is 11.7 Å². The van der Waals surface area contributed by atoms with Gasteiger partial charge in [0.05, 0.1) is 6.04 Å². The maximum absolute atomic E-state index is 12.8. The number of rotatable bonds is 7. The first-order valence-electron chi connectivity index (χ1n) is 11.1. The molecule has 0 bridgehead atoms. The summed E-state index contributed by atoms with van der Waals surface area (Å²) < 4.78 is 7.10. The Bertz CT molecular complexity index is 1240. The summed E-state index contributed by atoms with van der Waals surface area (Å²) in [6, 6.07) is 17.2. The molecule has 2 aromatic carbocycles. The molecule has 0 radical (unpaired) electrons. The van der Waals surface area contributed by atoms with E-state index >= 15 is 0 Å². The van der Waals surface area contributed by atoms with Crippen LogP contribution in [0.4, 0.5) is 5.95 Å². The number of fused-ring (bicyclic) bond motifs is 1. The van der Waals surface area contributed by atoms with Gasteiger partial charge in [-0.1, -0.05) is 62.4 Å². The second kappa shape index (κ2) is 10.6. The number of aromatic hydroxyl groups is 1. The third kappa shape index (κ3) is 4.82. The molecule has 172 valence electrons. The van der Waals surface area contributed by atoms with Gasteiger partial charge in [-0.2, -0.15) is 0 Å². The van der Waals surface area contributed by atoms with Crippen LogP contribution in [0.5, 0.6) is 5.75 Å². The van der Waals surface area contributed by atoms with Crippen molar-refractivity contribution in [1.29, 1.82) is 0 Å². The van der Waals surface area contributed by atoms with Crippen LogP contribution in [0.1, 0.15) is 38.3 Å². The Morgan fingerprint density at radius 1 is 1.12 bits per heavy atom. The standard InChI is InChI=1S/C24H24N4O3.C2H6/c1-4-5-14-18(16-11-7-6-8-12-16)27(2)24-26-20(21(29)23(30)28(24)3)22-25-17-13-9-10-15-19(17)31-22;1-2/h4,6-13,15,18,29H,1,5,14H2,2-3H3;1-2H3. The maximum atomic E-state index is 12.8. The fraction of sp³-hybridized carbons (Fsp3) is 0.269. The summed E-state index contributed by atoms with van der Waals surface area (Å²) in [5.74, 6) is 0.0138. The van der Waals surface area contributed by atoms with E-state index in [-0.39, 0.29) is 17.6 Å². The average molecular weight is 447 g/mol. The van der Waals surface area contributed by atoms with E-state index in [1.54, 1.807) is 19.2 Å². The third-order valence-corrected chi connectivity index (χ3v) is 5.35. The molecule has 33 heavy (non-hydrogen) atoms. The number of hydrogen-bond acceptors (Lipinski definition) is 6. The van der Waals surface area contributed by atoms with E-state index < -0.39 is 11.3 Å². The van der Waals surface area contributed by atoms with Crippen molar-refractivity contribution in [3.05, 3.63) is 83.2 Å². The average Bonchev–Trinajstić information content (AvgIpc) is 3.29. The van der Waals surface area contributed by atoms with Crippen molar-refractivity contribution >= 4 is 17.0 Å². The van der Waals surface area contributed by atoms with Crippen molar-refractivity contribution in [2.24, 2.45) is 7.05 Å². The lowest BCUT2D eigenvalue weighted by molar-refractivity contribution is 0.454. The highest BCUT2D eigenvalue weighted by Crippen LogP contribution is 2.32. The molecule has 2 heterocycles. The van der Waals surface area contributed by atoms with E-state index in [4.69, 9.17) is 4.42 Å². The Balaban J connectivity index is 0.00000149. The van der Waals surface area contributed by atoms with Crippen molar-refractivity contribution in [2.45, 2.75) is 32.7 Å². The van der Waals surface area contributed by atoms with E-state index in [0.717, 1.165) is 18.4 Å². The van der Waals surface area contributed by atoms with Crippen LogP contribution in [0.2, 0.25) is 0 Å². The van der Waals surface area contributed by atoms with E-state index in [0.29, 0.717) is 17.0 Å². The Kier molecular flexibility index (Phi) is 7.66. The Labute approximate surface area is 193 Å². The van der Waals surface area contributed by atoms with E-state index in [2.05, 4.69) is 16.5 Å². The molecule has 0 aliphatic heterocycles. The highest BCUT2D eigenvalue weighted by molar-refractivity contribution is 5.76. The lowest BCUT2D eigenvalue weighted by atomic mass is 10.0. The maximum Gasteiger partial charge on any atom is 0.297 e. The summed E-state index contributed by atoms with van der Waals surface area (Å²) in [6.45, 7) is 7.83. The first-order chi connectivity index (χ1) is 16.0. The number of anilines is 1. The summed E-state index contributed by atoms with van der Waals surface area (Å²) in [5.41, 5.74) is 1.74. The Hall–Kier alpha value is -3.87. The number of allylic oxidation sites excluding steroid dienone is 1. The van der Waals surface area contributed by atoms with Gasteiger partial charge in [-0.05, 0) is 30.5 Å². The third-order valence-electron chi connectivity index (χ3n) is 5.35. The molecule has 4 rings (SSSR count). The van der Waals surface area contributed by atoms with Crippen molar-refractivity contribution in [3.8, 4) is 17.3 Å². The van der Waals surface area contributed by atoms with E-state index in [1.807, 2.05) is 74.3 Å². The summed E-state index contributed by atoms with van der Waals surface area (Å²) in [7, 11) is 3.47. The van der Waals surface area contributed by atoms with Crippen molar-refractivity contribution in [3.63, 3.8) is 0 Å². The normalized spacial score (nSPS) is 11.5. The highest BCUT2D eigenvalue weighted by Gasteiger charge is 2.25. The number of benzene rings is 2. The Morgan fingerprint density at radius 3 is 2.45 bits per heavy atom.